The molecule has 0 amide bonds. The molecule has 0 radical (unpaired) electrons. The number of para-hydroxylation sites is 2. The lowest BCUT2D eigenvalue weighted by molar-refractivity contribution is 0.122. The minimum absolute atomic E-state index is 0.531. The Bertz CT molecular complexity index is 1350. The molecule has 0 saturated carbocycles. The quantitative estimate of drug-likeness (QED) is 0.515. The molecule has 0 unspecified atom stereocenters. The highest BCUT2D eigenvalue weighted by Gasteiger charge is 2.37. The molecule has 0 bridgehead atoms. The van der Waals surface area contributed by atoms with E-state index >= 15 is 0 Å². The molecular formula is C24H31N7O3S2. The first-order valence-electron chi connectivity index (χ1n) is 12.2. The monoisotopic (exact) mass is 529 g/mol. The van der Waals surface area contributed by atoms with Gasteiger partial charge in [0.1, 0.15) is 0 Å². The van der Waals surface area contributed by atoms with Crippen molar-refractivity contribution in [1.82, 2.24) is 19.2 Å². The Hall–Kier alpha value is -2.51. The number of rotatable bonds is 5. The molecular weight excluding hydrogens is 498 g/mol. The molecule has 1 aromatic carbocycles. The number of hydrogen-bond acceptors (Lipinski definition) is 10. The average molecular weight is 530 g/mol. The molecule has 192 valence electrons. The molecule has 3 aromatic rings. The van der Waals surface area contributed by atoms with E-state index in [2.05, 4.69) is 45.6 Å². The van der Waals surface area contributed by atoms with Crippen LogP contribution >= 0.6 is 11.3 Å². The fourth-order valence-electron chi connectivity index (χ4n) is 5.08. The normalized spacial score (nSPS) is 20.8. The molecule has 10 nitrogen and oxygen atoms in total. The molecule has 36 heavy (non-hydrogen) atoms. The van der Waals surface area contributed by atoms with Crippen molar-refractivity contribution >= 4 is 48.8 Å². The van der Waals surface area contributed by atoms with Gasteiger partial charge in [-0.25, -0.2) is 18.4 Å². The summed E-state index contributed by atoms with van der Waals surface area (Å²) in [5.74, 6) is 1.66. The summed E-state index contributed by atoms with van der Waals surface area (Å²) >= 11 is 1.73. The zero-order valence-electron chi connectivity index (χ0n) is 20.5. The predicted molar refractivity (Wildman–Crippen MR) is 143 cm³/mol. The highest BCUT2D eigenvalue weighted by Crippen LogP contribution is 2.40. The Morgan fingerprint density at radius 3 is 2.33 bits per heavy atom. The lowest BCUT2D eigenvalue weighted by Gasteiger charge is -2.32. The fourth-order valence-corrected chi connectivity index (χ4v) is 7.06. The van der Waals surface area contributed by atoms with Gasteiger partial charge < -0.3 is 20.3 Å². The van der Waals surface area contributed by atoms with E-state index in [1.54, 1.807) is 15.6 Å². The van der Waals surface area contributed by atoms with Gasteiger partial charge in [-0.2, -0.15) is 4.31 Å². The third-order valence-electron chi connectivity index (χ3n) is 7.04. The van der Waals surface area contributed by atoms with Crippen LogP contribution in [0.25, 0.3) is 10.2 Å². The standard InChI is InChI=1S/C24H31N7O3S2/c1-24(27-18-5-3-4-6-19(18)28-24)23-25-20-15-17(16-29-7-9-31(10-8-29)36(2,32)33)35-21(20)22(26-23)30-11-13-34-14-12-30/h3-6,15,27-28H,7-14,16H2,1-2H3. The maximum Gasteiger partial charge on any atom is 0.211 e. The lowest BCUT2D eigenvalue weighted by Crippen LogP contribution is -2.47. The smallest absolute Gasteiger partial charge is 0.211 e. The van der Waals surface area contributed by atoms with E-state index in [1.165, 1.54) is 11.1 Å². The van der Waals surface area contributed by atoms with Crippen LogP contribution in [0.15, 0.2) is 30.3 Å². The number of fused-ring (bicyclic) bond motifs is 2. The second kappa shape index (κ2) is 9.10. The van der Waals surface area contributed by atoms with Gasteiger partial charge in [-0.3, -0.25) is 4.90 Å². The van der Waals surface area contributed by atoms with E-state index in [0.717, 1.165) is 60.1 Å². The predicted octanol–water partition coefficient (Wildman–Crippen LogP) is 2.32. The van der Waals surface area contributed by atoms with Crippen LogP contribution in [-0.4, -0.2) is 86.3 Å². The van der Waals surface area contributed by atoms with Crippen LogP contribution in [0.2, 0.25) is 0 Å². The molecule has 5 heterocycles. The van der Waals surface area contributed by atoms with Crippen molar-refractivity contribution < 1.29 is 13.2 Å². The highest BCUT2D eigenvalue weighted by molar-refractivity contribution is 7.88. The van der Waals surface area contributed by atoms with Gasteiger partial charge in [0.05, 0.1) is 41.1 Å². The largest absolute Gasteiger partial charge is 0.378 e. The number of anilines is 3. The summed E-state index contributed by atoms with van der Waals surface area (Å²) in [6.45, 7) is 8.31. The van der Waals surface area contributed by atoms with Crippen LogP contribution < -0.4 is 15.5 Å². The fraction of sp³-hybridized carbons (Fsp3) is 0.500. The number of nitrogens with zero attached hydrogens (tertiary/aromatic N) is 5. The summed E-state index contributed by atoms with van der Waals surface area (Å²) in [6.07, 6.45) is 1.28. The van der Waals surface area contributed by atoms with Gasteiger partial charge >= 0.3 is 0 Å². The Morgan fingerprint density at radius 2 is 1.69 bits per heavy atom. The third-order valence-corrected chi connectivity index (χ3v) is 9.45. The second-order valence-electron chi connectivity index (χ2n) is 9.76. The summed E-state index contributed by atoms with van der Waals surface area (Å²) < 4.78 is 32.0. The van der Waals surface area contributed by atoms with E-state index in [0.29, 0.717) is 32.1 Å². The van der Waals surface area contributed by atoms with Gasteiger partial charge in [-0.15, -0.1) is 11.3 Å². The van der Waals surface area contributed by atoms with E-state index in [-0.39, 0.29) is 0 Å². The van der Waals surface area contributed by atoms with Gasteiger partial charge in [0, 0.05) is 50.7 Å². The summed E-state index contributed by atoms with van der Waals surface area (Å²) in [5.41, 5.74) is 2.40. The number of sulfonamides is 1. The Labute approximate surface area is 215 Å². The van der Waals surface area contributed by atoms with Crippen molar-refractivity contribution in [3.8, 4) is 0 Å². The van der Waals surface area contributed by atoms with Crippen LogP contribution in [-0.2, 0) is 27.0 Å². The summed E-state index contributed by atoms with van der Waals surface area (Å²) in [4.78, 5) is 16.0. The molecule has 3 aliphatic rings. The second-order valence-corrected chi connectivity index (χ2v) is 12.9. The van der Waals surface area contributed by atoms with E-state index in [9.17, 15) is 8.42 Å². The molecule has 0 spiro atoms. The first kappa shape index (κ1) is 23.9. The van der Waals surface area contributed by atoms with Crippen molar-refractivity contribution in [2.24, 2.45) is 0 Å². The number of hydrogen-bond donors (Lipinski definition) is 2. The van der Waals surface area contributed by atoms with Crippen molar-refractivity contribution in [3.05, 3.63) is 41.0 Å². The van der Waals surface area contributed by atoms with E-state index in [1.807, 2.05) is 12.1 Å². The zero-order chi connectivity index (χ0) is 24.9. The van der Waals surface area contributed by atoms with Gasteiger partial charge in [-0.1, -0.05) is 12.1 Å². The zero-order valence-corrected chi connectivity index (χ0v) is 22.2. The molecule has 3 aliphatic heterocycles. The third kappa shape index (κ3) is 4.52. The number of nitrogens with one attached hydrogen (secondary N) is 2. The number of morpholine rings is 1. The Kier molecular flexibility index (Phi) is 6.03. The van der Waals surface area contributed by atoms with Crippen molar-refractivity contribution in [2.45, 2.75) is 19.1 Å². The summed E-state index contributed by atoms with van der Waals surface area (Å²) in [7, 11) is -3.14. The molecule has 6 rings (SSSR count). The number of benzene rings is 1. The maximum atomic E-state index is 11.9. The molecule has 0 atom stereocenters. The molecule has 0 aliphatic carbocycles. The first-order valence-corrected chi connectivity index (χ1v) is 14.9. The van der Waals surface area contributed by atoms with Crippen LogP contribution in [0.5, 0.6) is 0 Å². The van der Waals surface area contributed by atoms with Crippen molar-refractivity contribution in [1.29, 1.82) is 0 Å². The first-order chi connectivity index (χ1) is 17.3. The van der Waals surface area contributed by atoms with Gasteiger partial charge in [0.25, 0.3) is 0 Å². The van der Waals surface area contributed by atoms with Crippen molar-refractivity contribution in [3.63, 3.8) is 0 Å². The lowest BCUT2D eigenvalue weighted by atomic mass is 10.2. The van der Waals surface area contributed by atoms with Gasteiger partial charge in [0.2, 0.25) is 10.0 Å². The Balaban J connectivity index is 1.31. The maximum absolute atomic E-state index is 11.9. The number of piperazine rings is 1. The topological polar surface area (TPSA) is 103 Å². The van der Waals surface area contributed by atoms with E-state index in [4.69, 9.17) is 14.7 Å². The number of thiophene rings is 1. The van der Waals surface area contributed by atoms with E-state index < -0.39 is 15.7 Å². The van der Waals surface area contributed by atoms with Crippen LogP contribution in [0, 0.1) is 0 Å². The molecule has 12 heteroatoms. The minimum Gasteiger partial charge on any atom is -0.378 e. The number of aromatic nitrogens is 2. The van der Waals surface area contributed by atoms with Crippen LogP contribution in [0.3, 0.4) is 0 Å². The summed E-state index contributed by atoms with van der Waals surface area (Å²) in [6, 6.07) is 10.3. The summed E-state index contributed by atoms with van der Waals surface area (Å²) in [5, 5.41) is 7.15. The Morgan fingerprint density at radius 1 is 1.03 bits per heavy atom. The minimum atomic E-state index is -3.14. The molecule has 2 fully saturated rings. The SMILES string of the molecule is CC1(c2nc(N3CCOCC3)c3sc(CN4CCN(S(C)(=O)=O)CC4)cc3n2)Nc2ccccc2N1. The molecule has 2 aromatic heterocycles. The molecule has 2 saturated heterocycles. The van der Waals surface area contributed by atoms with Gasteiger partial charge in [0.15, 0.2) is 17.3 Å². The van der Waals surface area contributed by atoms with Crippen LogP contribution in [0.1, 0.15) is 17.6 Å². The molecule has 2 N–H and O–H groups in total. The highest BCUT2D eigenvalue weighted by atomic mass is 32.2. The van der Waals surface area contributed by atoms with Gasteiger partial charge in [-0.05, 0) is 25.1 Å². The number of ether oxygens (including phenoxy) is 1. The average Bonchev–Trinajstić information content (AvgIpc) is 3.44. The van der Waals surface area contributed by atoms with Crippen LogP contribution in [0.4, 0.5) is 17.2 Å². The van der Waals surface area contributed by atoms with Crippen molar-refractivity contribution in [2.75, 3.05) is 74.3 Å².